The van der Waals surface area contributed by atoms with Gasteiger partial charge in [-0.15, -0.1) is 0 Å². The average Bonchev–Trinajstić information content (AvgIpc) is 2.41. The Bertz CT molecular complexity index is 478. The molecule has 1 aliphatic rings. The molecule has 0 saturated heterocycles. The zero-order chi connectivity index (χ0) is 13.8. The molecule has 0 bridgehead atoms. The zero-order valence-electron chi connectivity index (χ0n) is 11.7. The van der Waals surface area contributed by atoms with Gasteiger partial charge in [0, 0.05) is 18.2 Å². The lowest BCUT2D eigenvalue weighted by atomic mass is 9.86. The summed E-state index contributed by atoms with van der Waals surface area (Å²) in [5.74, 6) is 0.400. The van der Waals surface area contributed by atoms with Crippen molar-refractivity contribution in [3.63, 3.8) is 0 Å². The van der Waals surface area contributed by atoms with Crippen molar-refractivity contribution in [3.05, 3.63) is 35.1 Å². The molecule has 1 aromatic carbocycles. The van der Waals surface area contributed by atoms with Gasteiger partial charge in [0.05, 0.1) is 5.56 Å². The highest BCUT2D eigenvalue weighted by Gasteiger charge is 2.23. The van der Waals surface area contributed by atoms with E-state index in [4.69, 9.17) is 5.26 Å². The molecule has 3 heteroatoms. The summed E-state index contributed by atoms with van der Waals surface area (Å²) >= 11 is 0. The lowest BCUT2D eigenvalue weighted by molar-refractivity contribution is 0.156. The van der Waals surface area contributed by atoms with Crippen LogP contribution in [0.1, 0.15) is 43.7 Å². The third-order valence-electron chi connectivity index (χ3n) is 4.15. The Hall–Kier alpha value is -1.40. The van der Waals surface area contributed by atoms with Crippen molar-refractivity contribution in [2.24, 2.45) is 5.92 Å². The fourth-order valence-electron chi connectivity index (χ4n) is 2.99. The molecule has 1 aromatic rings. The van der Waals surface area contributed by atoms with Gasteiger partial charge < -0.3 is 0 Å². The SMILES string of the molecule is CC1CCCC(N(C)Cc2cccc(C#N)c2F)C1. The molecular weight excluding hydrogens is 239 g/mol. The molecule has 19 heavy (non-hydrogen) atoms. The quantitative estimate of drug-likeness (QED) is 0.828. The van der Waals surface area contributed by atoms with Crippen LogP contribution in [-0.2, 0) is 6.54 Å². The first-order valence-corrected chi connectivity index (χ1v) is 6.99. The molecule has 0 radical (unpaired) electrons. The monoisotopic (exact) mass is 260 g/mol. The molecule has 1 aliphatic carbocycles. The summed E-state index contributed by atoms with van der Waals surface area (Å²) in [5.41, 5.74) is 0.766. The Balaban J connectivity index is 2.06. The number of benzene rings is 1. The molecule has 102 valence electrons. The Morgan fingerprint density at radius 2 is 2.21 bits per heavy atom. The van der Waals surface area contributed by atoms with Gasteiger partial charge in [0.2, 0.25) is 0 Å². The largest absolute Gasteiger partial charge is 0.299 e. The minimum Gasteiger partial charge on any atom is -0.299 e. The molecule has 1 saturated carbocycles. The Morgan fingerprint density at radius 1 is 1.42 bits per heavy atom. The van der Waals surface area contributed by atoms with Crippen LogP contribution in [0, 0.1) is 23.1 Å². The van der Waals surface area contributed by atoms with E-state index in [0.717, 1.165) is 5.92 Å². The van der Waals surface area contributed by atoms with Crippen molar-refractivity contribution in [2.75, 3.05) is 7.05 Å². The third kappa shape index (κ3) is 3.33. The fourth-order valence-corrected chi connectivity index (χ4v) is 2.99. The van der Waals surface area contributed by atoms with Crippen LogP contribution >= 0.6 is 0 Å². The van der Waals surface area contributed by atoms with Gasteiger partial charge in [-0.3, -0.25) is 4.90 Å². The molecule has 2 unspecified atom stereocenters. The summed E-state index contributed by atoms with van der Waals surface area (Å²) in [4.78, 5) is 2.23. The van der Waals surface area contributed by atoms with E-state index < -0.39 is 0 Å². The maximum absolute atomic E-state index is 14.0. The van der Waals surface area contributed by atoms with Gasteiger partial charge in [-0.2, -0.15) is 5.26 Å². The van der Waals surface area contributed by atoms with Crippen LogP contribution in [0.25, 0.3) is 0 Å². The highest BCUT2D eigenvalue weighted by atomic mass is 19.1. The predicted molar refractivity (Wildman–Crippen MR) is 74.0 cm³/mol. The summed E-state index contributed by atoms with van der Waals surface area (Å²) in [7, 11) is 2.06. The molecule has 0 aromatic heterocycles. The van der Waals surface area contributed by atoms with E-state index in [1.165, 1.54) is 31.7 Å². The second kappa shape index (κ2) is 6.16. The van der Waals surface area contributed by atoms with E-state index >= 15 is 0 Å². The average molecular weight is 260 g/mol. The number of rotatable bonds is 3. The van der Waals surface area contributed by atoms with Crippen molar-refractivity contribution in [1.82, 2.24) is 4.90 Å². The second-order valence-corrected chi connectivity index (χ2v) is 5.73. The summed E-state index contributed by atoms with van der Waals surface area (Å²) in [6, 6.07) is 7.50. The molecule has 2 nitrogen and oxygen atoms in total. The Morgan fingerprint density at radius 3 is 2.89 bits per heavy atom. The minimum absolute atomic E-state index is 0.142. The third-order valence-corrected chi connectivity index (χ3v) is 4.15. The van der Waals surface area contributed by atoms with Crippen molar-refractivity contribution < 1.29 is 4.39 Å². The highest BCUT2D eigenvalue weighted by molar-refractivity contribution is 5.34. The van der Waals surface area contributed by atoms with Gasteiger partial charge in [0.15, 0.2) is 0 Å². The zero-order valence-corrected chi connectivity index (χ0v) is 11.7. The topological polar surface area (TPSA) is 27.0 Å². The molecular formula is C16H21FN2. The van der Waals surface area contributed by atoms with E-state index in [1.54, 1.807) is 12.1 Å². The number of halogens is 1. The van der Waals surface area contributed by atoms with Crippen LogP contribution in [0.5, 0.6) is 0 Å². The van der Waals surface area contributed by atoms with Crippen LogP contribution in [0.3, 0.4) is 0 Å². The minimum atomic E-state index is -0.360. The van der Waals surface area contributed by atoms with Crippen LogP contribution in [0.4, 0.5) is 4.39 Å². The highest BCUT2D eigenvalue weighted by Crippen LogP contribution is 2.27. The van der Waals surface area contributed by atoms with Crippen LogP contribution in [0.15, 0.2) is 18.2 Å². The van der Waals surface area contributed by atoms with Gasteiger partial charge in [0.1, 0.15) is 11.9 Å². The molecule has 0 spiro atoms. The summed E-state index contributed by atoms with van der Waals surface area (Å²) in [6.45, 7) is 2.87. The van der Waals surface area contributed by atoms with Crippen LogP contribution in [-0.4, -0.2) is 18.0 Å². The summed E-state index contributed by atoms with van der Waals surface area (Å²) in [5, 5.41) is 8.86. The summed E-state index contributed by atoms with van der Waals surface area (Å²) < 4.78 is 14.0. The number of nitrogens with zero attached hydrogens (tertiary/aromatic N) is 2. The molecule has 1 fully saturated rings. The van der Waals surface area contributed by atoms with Crippen LogP contribution in [0.2, 0.25) is 0 Å². The van der Waals surface area contributed by atoms with Gasteiger partial charge in [0.25, 0.3) is 0 Å². The van der Waals surface area contributed by atoms with E-state index in [-0.39, 0.29) is 11.4 Å². The first-order chi connectivity index (χ1) is 9.11. The standard InChI is InChI=1S/C16H21FN2/c1-12-5-3-8-15(9-12)19(2)11-14-7-4-6-13(10-18)16(14)17/h4,6-7,12,15H,3,5,8-9,11H2,1-2H3. The maximum atomic E-state index is 14.0. The van der Waals surface area contributed by atoms with E-state index in [9.17, 15) is 4.39 Å². The normalized spacial score (nSPS) is 23.3. The van der Waals surface area contributed by atoms with Gasteiger partial charge >= 0.3 is 0 Å². The smallest absolute Gasteiger partial charge is 0.145 e. The summed E-state index contributed by atoms with van der Waals surface area (Å²) in [6.07, 6.45) is 4.95. The lowest BCUT2D eigenvalue weighted by Gasteiger charge is -2.34. The van der Waals surface area contributed by atoms with E-state index in [0.29, 0.717) is 18.2 Å². The first-order valence-electron chi connectivity index (χ1n) is 6.99. The van der Waals surface area contributed by atoms with Crippen molar-refractivity contribution >= 4 is 0 Å². The van der Waals surface area contributed by atoms with Crippen molar-refractivity contribution in [2.45, 2.75) is 45.2 Å². The van der Waals surface area contributed by atoms with Crippen LogP contribution < -0.4 is 0 Å². The van der Waals surface area contributed by atoms with Crippen molar-refractivity contribution in [1.29, 1.82) is 5.26 Å². The van der Waals surface area contributed by atoms with Gasteiger partial charge in [-0.25, -0.2) is 4.39 Å². The predicted octanol–water partition coefficient (Wildman–Crippen LogP) is 3.71. The fraction of sp³-hybridized carbons (Fsp3) is 0.562. The van der Waals surface area contributed by atoms with Gasteiger partial charge in [-0.1, -0.05) is 31.9 Å². The molecule has 0 aliphatic heterocycles. The Kier molecular flexibility index (Phi) is 4.55. The molecule has 0 heterocycles. The second-order valence-electron chi connectivity index (χ2n) is 5.73. The van der Waals surface area contributed by atoms with Gasteiger partial charge in [-0.05, 0) is 31.9 Å². The molecule has 0 N–H and O–H groups in total. The van der Waals surface area contributed by atoms with E-state index in [1.807, 2.05) is 6.07 Å². The lowest BCUT2D eigenvalue weighted by Crippen LogP contribution is -2.35. The Labute approximate surface area is 114 Å². The number of hydrogen-bond donors (Lipinski definition) is 0. The van der Waals surface area contributed by atoms with Crippen molar-refractivity contribution in [3.8, 4) is 6.07 Å². The maximum Gasteiger partial charge on any atom is 0.145 e. The number of hydrogen-bond acceptors (Lipinski definition) is 2. The molecule has 2 rings (SSSR count). The molecule has 0 amide bonds. The molecule has 2 atom stereocenters. The first kappa shape index (κ1) is 14.0. The van der Waals surface area contributed by atoms with E-state index in [2.05, 4.69) is 18.9 Å². The number of nitriles is 1.